The molecule has 0 amide bonds. The molecule has 78 valence electrons. The first-order valence-electron chi connectivity index (χ1n) is 4.67. The molecule has 0 radical (unpaired) electrons. The van der Waals surface area contributed by atoms with E-state index in [1.807, 2.05) is 6.92 Å². The number of morpholine rings is 1. The van der Waals surface area contributed by atoms with Gasteiger partial charge in [-0.15, -0.1) is 0 Å². The Kier molecular flexibility index (Phi) is 2.95. The highest BCUT2D eigenvalue weighted by Gasteiger charge is 2.21. The van der Waals surface area contributed by atoms with E-state index in [-0.39, 0.29) is 12.1 Å². The van der Waals surface area contributed by atoms with Gasteiger partial charge in [0.05, 0.1) is 25.9 Å². The standard InChI is InChI=1S/C8H13N3O3/c1-2-13-8-10-7(11-14-8)6-5-12-4-3-9-6/h6,9H,2-5H2,1H3. The fraction of sp³-hybridized carbons (Fsp3) is 0.750. The van der Waals surface area contributed by atoms with Gasteiger partial charge in [0, 0.05) is 6.54 Å². The van der Waals surface area contributed by atoms with E-state index in [0.717, 1.165) is 13.2 Å². The highest BCUT2D eigenvalue weighted by molar-refractivity contribution is 4.97. The number of hydrogen-bond acceptors (Lipinski definition) is 6. The van der Waals surface area contributed by atoms with Crippen LogP contribution in [0.25, 0.3) is 0 Å². The minimum Gasteiger partial charge on any atom is -0.449 e. The van der Waals surface area contributed by atoms with Gasteiger partial charge in [0.25, 0.3) is 0 Å². The van der Waals surface area contributed by atoms with Gasteiger partial charge in [-0.25, -0.2) is 0 Å². The first kappa shape index (κ1) is 9.42. The fourth-order valence-corrected chi connectivity index (χ4v) is 1.28. The van der Waals surface area contributed by atoms with Gasteiger partial charge >= 0.3 is 6.08 Å². The maximum Gasteiger partial charge on any atom is 0.417 e. The number of hydrogen-bond donors (Lipinski definition) is 1. The number of nitrogens with zero attached hydrogens (tertiary/aromatic N) is 2. The molecule has 1 aliphatic rings. The van der Waals surface area contributed by atoms with Crippen molar-refractivity contribution < 1.29 is 14.0 Å². The molecule has 1 aromatic heterocycles. The highest BCUT2D eigenvalue weighted by atomic mass is 16.6. The molecule has 1 N–H and O–H groups in total. The molecular formula is C8H13N3O3. The monoisotopic (exact) mass is 199 g/mol. The Labute approximate surface area is 81.6 Å². The zero-order chi connectivity index (χ0) is 9.80. The van der Waals surface area contributed by atoms with Gasteiger partial charge in [0.2, 0.25) is 0 Å². The molecule has 6 heteroatoms. The summed E-state index contributed by atoms with van der Waals surface area (Å²) in [5, 5.41) is 7.03. The van der Waals surface area contributed by atoms with Crippen LogP contribution in [0.3, 0.4) is 0 Å². The molecule has 1 unspecified atom stereocenters. The van der Waals surface area contributed by atoms with Crippen molar-refractivity contribution in [3.8, 4) is 6.08 Å². The highest BCUT2D eigenvalue weighted by Crippen LogP contribution is 2.15. The molecule has 6 nitrogen and oxygen atoms in total. The van der Waals surface area contributed by atoms with Gasteiger partial charge in [0.1, 0.15) is 0 Å². The third kappa shape index (κ3) is 2.02. The predicted molar refractivity (Wildman–Crippen MR) is 47.0 cm³/mol. The summed E-state index contributed by atoms with van der Waals surface area (Å²) < 4.78 is 15.2. The molecule has 0 aliphatic carbocycles. The van der Waals surface area contributed by atoms with Crippen molar-refractivity contribution in [3.63, 3.8) is 0 Å². The lowest BCUT2D eigenvalue weighted by Crippen LogP contribution is -2.35. The van der Waals surface area contributed by atoms with E-state index >= 15 is 0 Å². The van der Waals surface area contributed by atoms with Gasteiger partial charge in [-0.3, -0.25) is 4.52 Å². The van der Waals surface area contributed by atoms with Crippen LogP contribution in [0.1, 0.15) is 18.8 Å². The number of aromatic nitrogens is 2. The van der Waals surface area contributed by atoms with Crippen LogP contribution in [-0.4, -0.2) is 36.5 Å². The van der Waals surface area contributed by atoms with Crippen molar-refractivity contribution in [1.82, 2.24) is 15.5 Å². The van der Waals surface area contributed by atoms with E-state index in [9.17, 15) is 0 Å². The molecule has 0 spiro atoms. The lowest BCUT2D eigenvalue weighted by Gasteiger charge is -2.20. The van der Waals surface area contributed by atoms with Crippen LogP contribution in [-0.2, 0) is 4.74 Å². The Bertz CT molecular complexity index is 283. The lowest BCUT2D eigenvalue weighted by molar-refractivity contribution is 0.0734. The van der Waals surface area contributed by atoms with Gasteiger partial charge in [-0.1, -0.05) is 5.16 Å². The van der Waals surface area contributed by atoms with Crippen molar-refractivity contribution >= 4 is 0 Å². The molecule has 14 heavy (non-hydrogen) atoms. The van der Waals surface area contributed by atoms with Crippen molar-refractivity contribution in [2.24, 2.45) is 0 Å². The normalized spacial score (nSPS) is 22.2. The summed E-state index contributed by atoms with van der Waals surface area (Å²) in [5.41, 5.74) is 0. The van der Waals surface area contributed by atoms with Crippen molar-refractivity contribution in [2.45, 2.75) is 13.0 Å². The number of ether oxygens (including phenoxy) is 2. The summed E-state index contributed by atoms with van der Waals surface area (Å²) in [6.45, 7) is 4.50. The summed E-state index contributed by atoms with van der Waals surface area (Å²) in [7, 11) is 0. The van der Waals surface area contributed by atoms with Crippen LogP contribution >= 0.6 is 0 Å². The van der Waals surface area contributed by atoms with Crippen LogP contribution in [0, 0.1) is 0 Å². The van der Waals surface area contributed by atoms with E-state index in [1.165, 1.54) is 0 Å². The van der Waals surface area contributed by atoms with Crippen molar-refractivity contribution in [3.05, 3.63) is 5.82 Å². The molecule has 1 saturated heterocycles. The molecule has 1 atom stereocenters. The SMILES string of the molecule is CCOc1nc(C2COCCN2)no1. The Balaban J connectivity index is 2.00. The molecule has 0 saturated carbocycles. The van der Waals surface area contributed by atoms with Gasteiger partial charge in [-0.05, 0) is 6.92 Å². The second-order valence-corrected chi connectivity index (χ2v) is 2.93. The van der Waals surface area contributed by atoms with E-state index in [4.69, 9.17) is 14.0 Å². The van der Waals surface area contributed by atoms with Crippen LogP contribution in [0.4, 0.5) is 0 Å². The maximum atomic E-state index is 5.28. The van der Waals surface area contributed by atoms with E-state index < -0.39 is 0 Å². The van der Waals surface area contributed by atoms with Crippen LogP contribution in [0.15, 0.2) is 4.52 Å². The number of rotatable bonds is 3. The third-order valence-corrected chi connectivity index (χ3v) is 1.92. The fourth-order valence-electron chi connectivity index (χ4n) is 1.28. The Morgan fingerprint density at radius 1 is 1.64 bits per heavy atom. The average molecular weight is 199 g/mol. The summed E-state index contributed by atoms with van der Waals surface area (Å²) in [4.78, 5) is 4.08. The van der Waals surface area contributed by atoms with Gasteiger partial charge in [0.15, 0.2) is 5.82 Å². The summed E-state index contributed by atoms with van der Waals surface area (Å²) >= 11 is 0. The number of nitrogens with one attached hydrogen (secondary N) is 1. The van der Waals surface area contributed by atoms with E-state index in [0.29, 0.717) is 19.0 Å². The summed E-state index contributed by atoms with van der Waals surface area (Å²) in [5.74, 6) is 0.591. The van der Waals surface area contributed by atoms with Gasteiger partial charge in [-0.2, -0.15) is 4.98 Å². The molecule has 1 aliphatic heterocycles. The molecule has 2 rings (SSSR count). The van der Waals surface area contributed by atoms with Crippen molar-refractivity contribution in [2.75, 3.05) is 26.4 Å². The van der Waals surface area contributed by atoms with Crippen LogP contribution < -0.4 is 10.1 Å². The molecule has 1 fully saturated rings. The predicted octanol–water partition coefficient (Wildman–Crippen LogP) is 0.129. The molecule has 1 aromatic rings. The topological polar surface area (TPSA) is 69.4 Å². The lowest BCUT2D eigenvalue weighted by atomic mass is 10.3. The Morgan fingerprint density at radius 3 is 3.29 bits per heavy atom. The first-order chi connectivity index (χ1) is 6.90. The van der Waals surface area contributed by atoms with E-state index in [2.05, 4.69) is 15.5 Å². The smallest absolute Gasteiger partial charge is 0.417 e. The van der Waals surface area contributed by atoms with Crippen LogP contribution in [0.2, 0.25) is 0 Å². The van der Waals surface area contributed by atoms with Gasteiger partial charge < -0.3 is 14.8 Å². The second-order valence-electron chi connectivity index (χ2n) is 2.93. The summed E-state index contributed by atoms with van der Waals surface area (Å²) in [6.07, 6.45) is 0.217. The first-order valence-corrected chi connectivity index (χ1v) is 4.67. The summed E-state index contributed by atoms with van der Waals surface area (Å²) in [6, 6.07) is 0.0155. The maximum absolute atomic E-state index is 5.28. The molecule has 0 bridgehead atoms. The third-order valence-electron chi connectivity index (χ3n) is 1.92. The minimum atomic E-state index is 0.0155. The zero-order valence-corrected chi connectivity index (χ0v) is 8.02. The molecular weight excluding hydrogens is 186 g/mol. The average Bonchev–Trinajstić information content (AvgIpc) is 2.68. The molecule has 2 heterocycles. The van der Waals surface area contributed by atoms with Crippen molar-refractivity contribution in [1.29, 1.82) is 0 Å². The van der Waals surface area contributed by atoms with E-state index in [1.54, 1.807) is 0 Å². The van der Waals surface area contributed by atoms with Crippen LogP contribution in [0.5, 0.6) is 6.08 Å². The largest absolute Gasteiger partial charge is 0.449 e. The Hall–Kier alpha value is -1.14. The quantitative estimate of drug-likeness (QED) is 0.746. The Morgan fingerprint density at radius 2 is 2.57 bits per heavy atom. The molecule has 0 aromatic carbocycles. The second kappa shape index (κ2) is 4.39. The minimum absolute atomic E-state index is 0.0155. The zero-order valence-electron chi connectivity index (χ0n) is 8.02.